The average molecular weight is 383 g/mol. The van der Waals surface area contributed by atoms with Crippen LogP contribution in [-0.4, -0.2) is 44.8 Å². The van der Waals surface area contributed by atoms with Crippen LogP contribution in [0.3, 0.4) is 0 Å². The quantitative estimate of drug-likeness (QED) is 0.860. The summed E-state index contributed by atoms with van der Waals surface area (Å²) < 4.78 is 3.38. The number of aromatic nitrogens is 3. The fourth-order valence-corrected chi connectivity index (χ4v) is 4.25. The second-order valence-corrected chi connectivity index (χ2v) is 8.34. The first-order chi connectivity index (χ1) is 13.4. The van der Waals surface area contributed by atoms with Crippen molar-refractivity contribution < 1.29 is 4.79 Å². The number of piperidine rings is 1. The third-order valence-electron chi connectivity index (χ3n) is 5.72. The summed E-state index contributed by atoms with van der Waals surface area (Å²) >= 11 is 0. The first-order valence-corrected chi connectivity index (χ1v) is 10.2. The third kappa shape index (κ3) is 4.04. The summed E-state index contributed by atoms with van der Waals surface area (Å²) in [7, 11) is 1.73. The fourth-order valence-electron chi connectivity index (χ4n) is 4.25. The number of anilines is 1. The molecule has 2 fully saturated rings. The molecular formula is C21H29N5O2. The standard InChI is InChI=1S/C21H29N5O2/c1-14-10-15(2)12-17(11-14)22-19(27)13-25-8-6-16(7-9-25)20-23-24(3)21(28)26(20)18-4-5-18/h10-12,16,18H,4-9,13H2,1-3H3,(H,22,27). The Bertz CT molecular complexity index is 913. The van der Waals surface area contributed by atoms with Crippen molar-refractivity contribution in [3.8, 4) is 0 Å². The van der Waals surface area contributed by atoms with Crippen molar-refractivity contribution in [2.75, 3.05) is 25.0 Å². The van der Waals surface area contributed by atoms with Crippen LogP contribution in [0.15, 0.2) is 23.0 Å². The molecule has 1 aliphatic carbocycles. The van der Waals surface area contributed by atoms with Crippen molar-refractivity contribution >= 4 is 11.6 Å². The second kappa shape index (κ2) is 7.54. The Morgan fingerprint density at radius 2 is 1.75 bits per heavy atom. The van der Waals surface area contributed by atoms with Gasteiger partial charge in [-0.2, -0.15) is 5.10 Å². The Morgan fingerprint density at radius 3 is 2.36 bits per heavy atom. The molecule has 1 aromatic heterocycles. The van der Waals surface area contributed by atoms with Crippen molar-refractivity contribution in [3.05, 3.63) is 45.6 Å². The molecule has 1 saturated carbocycles. The Morgan fingerprint density at radius 1 is 1.11 bits per heavy atom. The van der Waals surface area contributed by atoms with Crippen LogP contribution in [0.1, 0.15) is 54.6 Å². The van der Waals surface area contributed by atoms with E-state index in [1.165, 1.54) is 4.68 Å². The molecule has 0 bridgehead atoms. The number of carbonyl (C=O) groups excluding carboxylic acids is 1. The van der Waals surface area contributed by atoms with Gasteiger partial charge in [0.25, 0.3) is 0 Å². The van der Waals surface area contributed by atoms with E-state index >= 15 is 0 Å². The second-order valence-electron chi connectivity index (χ2n) is 8.34. The number of carbonyl (C=O) groups is 1. The zero-order chi connectivity index (χ0) is 19.8. The summed E-state index contributed by atoms with van der Waals surface area (Å²) in [5, 5.41) is 7.54. The van der Waals surface area contributed by atoms with Crippen LogP contribution in [0.5, 0.6) is 0 Å². The van der Waals surface area contributed by atoms with Gasteiger partial charge in [0.2, 0.25) is 5.91 Å². The normalized spacial score (nSPS) is 18.4. The van der Waals surface area contributed by atoms with E-state index in [9.17, 15) is 9.59 Å². The van der Waals surface area contributed by atoms with Gasteiger partial charge in [0.05, 0.1) is 6.54 Å². The molecule has 0 atom stereocenters. The topological polar surface area (TPSA) is 72.2 Å². The lowest BCUT2D eigenvalue weighted by molar-refractivity contribution is -0.117. The molecule has 150 valence electrons. The van der Waals surface area contributed by atoms with Crippen molar-refractivity contribution in [3.63, 3.8) is 0 Å². The highest BCUT2D eigenvalue weighted by atomic mass is 16.2. The minimum absolute atomic E-state index is 0.00718. The number of hydrogen-bond acceptors (Lipinski definition) is 4. The van der Waals surface area contributed by atoms with E-state index in [1.54, 1.807) is 7.05 Å². The van der Waals surface area contributed by atoms with Gasteiger partial charge in [-0.1, -0.05) is 6.07 Å². The first-order valence-electron chi connectivity index (χ1n) is 10.2. The lowest BCUT2D eigenvalue weighted by Gasteiger charge is -2.31. The maximum absolute atomic E-state index is 12.4. The zero-order valence-corrected chi connectivity index (χ0v) is 16.9. The molecule has 1 aliphatic heterocycles. The van der Waals surface area contributed by atoms with E-state index in [0.29, 0.717) is 18.5 Å². The van der Waals surface area contributed by atoms with E-state index < -0.39 is 0 Å². The fraction of sp³-hybridized carbons (Fsp3) is 0.571. The number of nitrogens with zero attached hydrogens (tertiary/aromatic N) is 4. The zero-order valence-electron chi connectivity index (χ0n) is 16.9. The minimum atomic E-state index is 0.00718. The molecule has 28 heavy (non-hydrogen) atoms. The molecule has 0 radical (unpaired) electrons. The Hall–Kier alpha value is -2.41. The first kappa shape index (κ1) is 18.9. The largest absolute Gasteiger partial charge is 0.345 e. The van der Waals surface area contributed by atoms with Crippen LogP contribution in [0, 0.1) is 13.8 Å². The number of nitrogens with one attached hydrogen (secondary N) is 1. The van der Waals surface area contributed by atoms with Gasteiger partial charge in [-0.05, 0) is 75.9 Å². The molecule has 1 N–H and O–H groups in total. The van der Waals surface area contributed by atoms with Crippen molar-refractivity contribution in [2.45, 2.75) is 51.5 Å². The lowest BCUT2D eigenvalue weighted by atomic mass is 9.96. The summed E-state index contributed by atoms with van der Waals surface area (Å²) in [6.07, 6.45) is 4.02. The molecule has 1 amide bonds. The van der Waals surface area contributed by atoms with Gasteiger partial charge >= 0.3 is 5.69 Å². The predicted molar refractivity (Wildman–Crippen MR) is 109 cm³/mol. The Balaban J connectivity index is 1.34. The molecule has 0 spiro atoms. The number of amides is 1. The maximum atomic E-state index is 12.4. The van der Waals surface area contributed by atoms with Crippen LogP contribution in [-0.2, 0) is 11.8 Å². The molecule has 7 nitrogen and oxygen atoms in total. The molecule has 2 heterocycles. The molecule has 4 rings (SSSR count). The van der Waals surface area contributed by atoms with Crippen molar-refractivity contribution in [1.29, 1.82) is 0 Å². The number of likely N-dealkylation sites (tertiary alicyclic amines) is 1. The molecule has 1 saturated heterocycles. The number of benzene rings is 1. The van der Waals surface area contributed by atoms with Gasteiger partial charge in [0.15, 0.2) is 0 Å². The number of hydrogen-bond donors (Lipinski definition) is 1. The highest BCUT2D eigenvalue weighted by Gasteiger charge is 2.33. The van der Waals surface area contributed by atoms with Gasteiger partial charge < -0.3 is 5.32 Å². The van der Waals surface area contributed by atoms with Gasteiger partial charge in [0, 0.05) is 24.7 Å². The summed E-state index contributed by atoms with van der Waals surface area (Å²) in [6.45, 7) is 6.16. The Labute approximate surface area is 165 Å². The van der Waals surface area contributed by atoms with Crippen LogP contribution < -0.4 is 11.0 Å². The van der Waals surface area contributed by atoms with E-state index in [0.717, 1.165) is 61.4 Å². The van der Waals surface area contributed by atoms with E-state index in [2.05, 4.69) is 21.4 Å². The minimum Gasteiger partial charge on any atom is -0.325 e. The van der Waals surface area contributed by atoms with E-state index in [1.807, 2.05) is 30.5 Å². The van der Waals surface area contributed by atoms with Crippen LogP contribution in [0.4, 0.5) is 5.69 Å². The summed E-state index contributed by atoms with van der Waals surface area (Å²) in [5.41, 5.74) is 3.16. The maximum Gasteiger partial charge on any atom is 0.345 e. The SMILES string of the molecule is Cc1cc(C)cc(NC(=O)CN2CCC(c3nn(C)c(=O)n3C3CC3)CC2)c1. The molecular weight excluding hydrogens is 354 g/mol. The summed E-state index contributed by atoms with van der Waals surface area (Å²) in [5.74, 6) is 1.26. The van der Waals surface area contributed by atoms with Gasteiger partial charge in [-0.15, -0.1) is 0 Å². The molecule has 7 heteroatoms. The number of aryl methyl sites for hydroxylation is 3. The van der Waals surface area contributed by atoms with E-state index in [4.69, 9.17) is 0 Å². The van der Waals surface area contributed by atoms with Crippen molar-refractivity contribution in [2.24, 2.45) is 7.05 Å². The highest BCUT2D eigenvalue weighted by Crippen LogP contribution is 2.37. The van der Waals surface area contributed by atoms with Crippen LogP contribution >= 0.6 is 0 Å². The molecule has 1 aromatic carbocycles. The van der Waals surface area contributed by atoms with E-state index in [-0.39, 0.29) is 11.6 Å². The van der Waals surface area contributed by atoms with Crippen LogP contribution in [0.2, 0.25) is 0 Å². The highest BCUT2D eigenvalue weighted by molar-refractivity contribution is 5.92. The lowest BCUT2D eigenvalue weighted by Crippen LogP contribution is -2.39. The van der Waals surface area contributed by atoms with Gasteiger partial charge in [-0.25, -0.2) is 9.48 Å². The molecule has 2 aliphatic rings. The Kier molecular flexibility index (Phi) is 5.10. The van der Waals surface area contributed by atoms with Crippen molar-refractivity contribution in [1.82, 2.24) is 19.2 Å². The summed E-state index contributed by atoms with van der Waals surface area (Å²) in [6, 6.07) is 6.43. The number of rotatable bonds is 5. The van der Waals surface area contributed by atoms with Crippen LogP contribution in [0.25, 0.3) is 0 Å². The average Bonchev–Trinajstić information content (AvgIpc) is 3.41. The van der Waals surface area contributed by atoms with Gasteiger partial charge in [-0.3, -0.25) is 14.3 Å². The predicted octanol–water partition coefficient (Wildman–Crippen LogP) is 2.35. The van der Waals surface area contributed by atoms with Gasteiger partial charge in [0.1, 0.15) is 5.82 Å². The third-order valence-corrected chi connectivity index (χ3v) is 5.72. The summed E-state index contributed by atoms with van der Waals surface area (Å²) in [4.78, 5) is 27.0. The monoisotopic (exact) mass is 383 g/mol. The molecule has 2 aromatic rings. The smallest absolute Gasteiger partial charge is 0.325 e. The molecule has 0 unspecified atom stereocenters.